The van der Waals surface area contributed by atoms with Gasteiger partial charge in [0.15, 0.2) is 0 Å². The number of amides is 1. The van der Waals surface area contributed by atoms with Crippen LogP contribution >= 0.6 is 0 Å². The van der Waals surface area contributed by atoms with Gasteiger partial charge in [-0.15, -0.1) is 0 Å². The van der Waals surface area contributed by atoms with Crippen molar-refractivity contribution in [1.29, 1.82) is 0 Å². The van der Waals surface area contributed by atoms with Gasteiger partial charge in [-0.05, 0) is 5.56 Å². The van der Waals surface area contributed by atoms with Crippen LogP contribution in [0.25, 0.3) is 0 Å². The largest absolute Gasteiger partial charge is 0.449 e. The predicted molar refractivity (Wildman–Crippen MR) is 57.4 cm³/mol. The average Bonchev–Trinajstić information content (AvgIpc) is 2.25. The third-order valence-corrected chi connectivity index (χ3v) is 2.50. The summed E-state index contributed by atoms with van der Waals surface area (Å²) in [6.45, 7) is 4.06. The minimum atomic E-state index is -0.197. The Hall–Kier alpha value is -1.51. The van der Waals surface area contributed by atoms with Gasteiger partial charge in [0.1, 0.15) is 0 Å². The zero-order valence-corrected chi connectivity index (χ0v) is 8.85. The summed E-state index contributed by atoms with van der Waals surface area (Å²) in [7, 11) is 0. The van der Waals surface area contributed by atoms with E-state index in [1.165, 1.54) is 0 Å². The van der Waals surface area contributed by atoms with Crippen LogP contribution < -0.4 is 0 Å². The molecule has 0 spiro atoms. The van der Waals surface area contributed by atoms with E-state index in [4.69, 9.17) is 4.74 Å². The van der Waals surface area contributed by atoms with E-state index in [1.54, 1.807) is 4.90 Å². The lowest BCUT2D eigenvalue weighted by atomic mass is 10.1. The lowest BCUT2D eigenvalue weighted by Crippen LogP contribution is -2.41. The fraction of sp³-hybridized carbons (Fsp3) is 0.417. The number of cyclic esters (lactones) is 1. The molecule has 2 rings (SSSR count). The molecule has 0 aliphatic carbocycles. The molecule has 1 amide bonds. The zero-order valence-electron chi connectivity index (χ0n) is 8.85. The fourth-order valence-electron chi connectivity index (χ4n) is 1.74. The number of benzene rings is 1. The van der Waals surface area contributed by atoms with Crippen molar-refractivity contribution in [2.24, 2.45) is 5.92 Å². The first-order chi connectivity index (χ1) is 7.25. The van der Waals surface area contributed by atoms with E-state index < -0.39 is 0 Å². The van der Waals surface area contributed by atoms with Crippen molar-refractivity contribution in [3.05, 3.63) is 35.9 Å². The number of carbonyl (C=O) groups is 1. The van der Waals surface area contributed by atoms with E-state index in [1.807, 2.05) is 30.3 Å². The molecule has 1 aliphatic heterocycles. The minimum absolute atomic E-state index is 0.197. The molecule has 1 fully saturated rings. The monoisotopic (exact) mass is 205 g/mol. The summed E-state index contributed by atoms with van der Waals surface area (Å²) in [5, 5.41) is 0. The molecule has 1 aromatic rings. The highest BCUT2D eigenvalue weighted by molar-refractivity contribution is 5.68. The molecule has 1 saturated heterocycles. The lowest BCUT2D eigenvalue weighted by Gasteiger charge is -2.30. The van der Waals surface area contributed by atoms with Crippen molar-refractivity contribution < 1.29 is 9.53 Å². The fourth-order valence-corrected chi connectivity index (χ4v) is 1.74. The normalized spacial score (nSPS) is 21.3. The molecule has 1 atom stereocenters. The highest BCUT2D eigenvalue weighted by Gasteiger charge is 2.24. The van der Waals surface area contributed by atoms with Gasteiger partial charge in [0.2, 0.25) is 0 Å². The Labute approximate surface area is 89.7 Å². The minimum Gasteiger partial charge on any atom is -0.449 e. The van der Waals surface area contributed by atoms with Crippen LogP contribution in [-0.2, 0) is 11.3 Å². The van der Waals surface area contributed by atoms with Crippen LogP contribution in [0, 0.1) is 5.92 Å². The summed E-state index contributed by atoms with van der Waals surface area (Å²) in [5.41, 5.74) is 1.14. The zero-order chi connectivity index (χ0) is 10.7. The van der Waals surface area contributed by atoms with Gasteiger partial charge in [-0.25, -0.2) is 4.79 Å². The van der Waals surface area contributed by atoms with Crippen molar-refractivity contribution in [3.63, 3.8) is 0 Å². The topological polar surface area (TPSA) is 29.5 Å². The number of nitrogens with zero attached hydrogens (tertiary/aromatic N) is 1. The number of hydrogen-bond acceptors (Lipinski definition) is 2. The molecule has 0 aromatic heterocycles. The molecule has 1 unspecified atom stereocenters. The Bertz CT molecular complexity index is 337. The summed E-state index contributed by atoms with van der Waals surface area (Å²) in [5.74, 6) is 0.423. The van der Waals surface area contributed by atoms with Crippen molar-refractivity contribution >= 4 is 6.09 Å². The Balaban J connectivity index is 2.01. The molecule has 80 valence electrons. The van der Waals surface area contributed by atoms with Gasteiger partial charge >= 0.3 is 6.09 Å². The smallest absolute Gasteiger partial charge is 0.410 e. The van der Waals surface area contributed by atoms with Gasteiger partial charge in [0.05, 0.1) is 6.61 Å². The molecule has 1 heterocycles. The molecule has 0 saturated carbocycles. The van der Waals surface area contributed by atoms with Gasteiger partial charge in [0, 0.05) is 19.0 Å². The third-order valence-electron chi connectivity index (χ3n) is 2.50. The number of hydrogen-bond donors (Lipinski definition) is 0. The molecular weight excluding hydrogens is 190 g/mol. The summed E-state index contributed by atoms with van der Waals surface area (Å²) in [6, 6.07) is 9.97. The molecule has 0 N–H and O–H groups in total. The maximum atomic E-state index is 11.4. The molecule has 3 heteroatoms. The highest BCUT2D eigenvalue weighted by atomic mass is 16.6. The molecule has 1 aromatic carbocycles. The highest BCUT2D eigenvalue weighted by Crippen LogP contribution is 2.14. The average molecular weight is 205 g/mol. The quantitative estimate of drug-likeness (QED) is 0.741. The Morgan fingerprint density at radius 2 is 2.13 bits per heavy atom. The first kappa shape index (κ1) is 10.0. The SMILES string of the molecule is CC1COC(=O)N(Cc2ccccc2)C1. The van der Waals surface area contributed by atoms with Crippen LogP contribution in [0.2, 0.25) is 0 Å². The second kappa shape index (κ2) is 4.34. The van der Waals surface area contributed by atoms with Gasteiger partial charge in [0.25, 0.3) is 0 Å². The van der Waals surface area contributed by atoms with Gasteiger partial charge in [-0.2, -0.15) is 0 Å². The molecule has 1 aliphatic rings. The van der Waals surface area contributed by atoms with E-state index >= 15 is 0 Å². The van der Waals surface area contributed by atoms with Crippen molar-refractivity contribution in [2.45, 2.75) is 13.5 Å². The standard InChI is InChI=1S/C12H15NO2/c1-10-7-13(12(14)15-9-10)8-11-5-3-2-4-6-11/h2-6,10H,7-9H2,1H3. The summed E-state index contributed by atoms with van der Waals surface area (Å²) in [4.78, 5) is 13.2. The third kappa shape index (κ3) is 2.49. The van der Waals surface area contributed by atoms with Crippen LogP contribution in [0.4, 0.5) is 4.79 Å². The van der Waals surface area contributed by atoms with Crippen LogP contribution in [-0.4, -0.2) is 24.1 Å². The van der Waals surface area contributed by atoms with Crippen LogP contribution in [0.5, 0.6) is 0 Å². The first-order valence-corrected chi connectivity index (χ1v) is 5.21. The molecule has 15 heavy (non-hydrogen) atoms. The van der Waals surface area contributed by atoms with Crippen LogP contribution in [0.15, 0.2) is 30.3 Å². The van der Waals surface area contributed by atoms with E-state index in [-0.39, 0.29) is 6.09 Å². The number of rotatable bonds is 2. The van der Waals surface area contributed by atoms with E-state index in [0.717, 1.165) is 12.1 Å². The number of ether oxygens (including phenoxy) is 1. The maximum absolute atomic E-state index is 11.4. The molecule has 3 nitrogen and oxygen atoms in total. The Kier molecular flexibility index (Phi) is 2.90. The van der Waals surface area contributed by atoms with Gasteiger partial charge in [-0.1, -0.05) is 37.3 Å². The van der Waals surface area contributed by atoms with Crippen LogP contribution in [0.1, 0.15) is 12.5 Å². The molecule has 0 bridgehead atoms. The molecule has 0 radical (unpaired) electrons. The summed E-state index contributed by atoms with van der Waals surface area (Å²) in [6.07, 6.45) is -0.197. The Morgan fingerprint density at radius 3 is 2.87 bits per heavy atom. The van der Waals surface area contributed by atoms with Crippen molar-refractivity contribution in [3.8, 4) is 0 Å². The van der Waals surface area contributed by atoms with Gasteiger partial charge < -0.3 is 9.64 Å². The molecular formula is C12H15NO2. The second-order valence-corrected chi connectivity index (χ2v) is 4.05. The maximum Gasteiger partial charge on any atom is 0.410 e. The van der Waals surface area contributed by atoms with Gasteiger partial charge in [-0.3, -0.25) is 0 Å². The predicted octanol–water partition coefficient (Wildman–Crippen LogP) is 2.27. The Morgan fingerprint density at radius 1 is 1.40 bits per heavy atom. The van der Waals surface area contributed by atoms with E-state index in [9.17, 15) is 4.79 Å². The first-order valence-electron chi connectivity index (χ1n) is 5.21. The second-order valence-electron chi connectivity index (χ2n) is 4.05. The van der Waals surface area contributed by atoms with Crippen LogP contribution in [0.3, 0.4) is 0 Å². The van der Waals surface area contributed by atoms with E-state index in [2.05, 4.69) is 6.92 Å². The van der Waals surface area contributed by atoms with Crippen molar-refractivity contribution in [1.82, 2.24) is 4.90 Å². The summed E-state index contributed by atoms with van der Waals surface area (Å²) >= 11 is 0. The number of carbonyl (C=O) groups excluding carboxylic acids is 1. The van der Waals surface area contributed by atoms with Crippen molar-refractivity contribution in [2.75, 3.05) is 13.2 Å². The lowest BCUT2D eigenvalue weighted by molar-refractivity contribution is 0.0450. The van der Waals surface area contributed by atoms with E-state index in [0.29, 0.717) is 19.1 Å². The summed E-state index contributed by atoms with van der Waals surface area (Å²) < 4.78 is 5.06.